The predicted octanol–water partition coefficient (Wildman–Crippen LogP) is 3.60. The molecule has 0 saturated carbocycles. The average molecular weight is 352 g/mol. The zero-order valence-electron chi connectivity index (χ0n) is 14.3. The smallest absolute Gasteiger partial charge is 0.252 e. The van der Waals surface area contributed by atoms with Crippen molar-refractivity contribution in [2.45, 2.75) is 25.2 Å². The van der Waals surface area contributed by atoms with Crippen LogP contribution in [-0.4, -0.2) is 26.9 Å². The van der Waals surface area contributed by atoms with E-state index in [9.17, 15) is 4.79 Å². The summed E-state index contributed by atoms with van der Waals surface area (Å²) >= 11 is 1.52. The summed E-state index contributed by atoms with van der Waals surface area (Å²) in [6.45, 7) is 2.63. The van der Waals surface area contributed by atoms with Gasteiger partial charge in [-0.3, -0.25) is 9.69 Å². The molecular weight excluding hydrogens is 332 g/mol. The third-order valence-corrected chi connectivity index (χ3v) is 4.46. The molecule has 3 rings (SSSR count). The van der Waals surface area contributed by atoms with Crippen LogP contribution in [-0.2, 0) is 17.9 Å². The molecule has 0 radical (unpaired) electrons. The number of amides is 1. The van der Waals surface area contributed by atoms with Crippen molar-refractivity contribution in [3.8, 4) is 0 Å². The van der Waals surface area contributed by atoms with Crippen molar-refractivity contribution in [1.82, 2.24) is 14.8 Å². The van der Waals surface area contributed by atoms with Gasteiger partial charge in [0.25, 0.3) is 5.95 Å². The fourth-order valence-electron chi connectivity index (χ4n) is 2.53. The summed E-state index contributed by atoms with van der Waals surface area (Å²) in [6.07, 6.45) is 1.96. The Morgan fingerprint density at radius 1 is 1.04 bits per heavy atom. The Balaban J connectivity index is 1.88. The van der Waals surface area contributed by atoms with Gasteiger partial charge in [0.05, 0.1) is 13.1 Å². The maximum Gasteiger partial charge on any atom is 0.252 e. The van der Waals surface area contributed by atoms with Crippen LogP contribution in [0.1, 0.15) is 18.1 Å². The number of hydrogen-bond acceptors (Lipinski definition) is 4. The van der Waals surface area contributed by atoms with Crippen LogP contribution < -0.4 is 4.90 Å². The van der Waals surface area contributed by atoms with E-state index in [0.717, 1.165) is 16.3 Å². The molecule has 5 nitrogen and oxygen atoms in total. The Kier molecular flexibility index (Phi) is 5.50. The third-order valence-electron chi connectivity index (χ3n) is 3.79. The zero-order chi connectivity index (χ0) is 17.6. The molecule has 1 aromatic heterocycles. The Bertz CT molecular complexity index is 833. The van der Waals surface area contributed by atoms with Gasteiger partial charge in [-0.25, -0.2) is 4.68 Å². The van der Waals surface area contributed by atoms with Crippen molar-refractivity contribution in [3.63, 3.8) is 0 Å². The monoisotopic (exact) mass is 352 g/mol. The molecule has 0 aliphatic rings. The minimum atomic E-state index is -0.0756. The number of benzene rings is 2. The highest BCUT2D eigenvalue weighted by atomic mass is 32.2. The van der Waals surface area contributed by atoms with Crippen LogP contribution in [0, 0.1) is 0 Å². The highest BCUT2D eigenvalue weighted by molar-refractivity contribution is 7.98. The lowest BCUT2D eigenvalue weighted by atomic mass is 10.2. The molecule has 0 saturated heterocycles. The Morgan fingerprint density at radius 3 is 2.20 bits per heavy atom. The van der Waals surface area contributed by atoms with Crippen LogP contribution in [0.15, 0.2) is 65.8 Å². The SMILES string of the molecule is CSc1nc(N(Cc2ccccc2)C(C)=O)nn1Cc1ccccc1. The number of carbonyl (C=O) groups is 1. The Labute approximate surface area is 151 Å². The molecule has 25 heavy (non-hydrogen) atoms. The standard InChI is InChI=1S/C19H20N4OS/c1-15(24)22(13-16-9-5-3-6-10-16)18-20-19(25-2)23(21-18)14-17-11-7-4-8-12-17/h3-12H,13-14H2,1-2H3. The first-order valence-electron chi connectivity index (χ1n) is 8.02. The number of carbonyl (C=O) groups excluding carboxylic acids is 1. The van der Waals surface area contributed by atoms with Crippen LogP contribution in [0.5, 0.6) is 0 Å². The van der Waals surface area contributed by atoms with Crippen molar-refractivity contribution >= 4 is 23.6 Å². The van der Waals surface area contributed by atoms with E-state index in [4.69, 9.17) is 0 Å². The van der Waals surface area contributed by atoms with E-state index in [1.54, 1.807) is 11.8 Å². The summed E-state index contributed by atoms with van der Waals surface area (Å²) in [6, 6.07) is 20.0. The number of anilines is 1. The molecule has 0 unspecified atom stereocenters. The number of thioether (sulfide) groups is 1. The van der Waals surface area contributed by atoms with E-state index in [2.05, 4.69) is 22.2 Å². The molecule has 1 heterocycles. The molecule has 0 spiro atoms. The molecule has 0 aliphatic heterocycles. The maximum absolute atomic E-state index is 12.1. The minimum Gasteiger partial charge on any atom is -0.275 e. The van der Waals surface area contributed by atoms with Crippen molar-refractivity contribution in [2.24, 2.45) is 0 Å². The van der Waals surface area contributed by atoms with Crippen molar-refractivity contribution in [2.75, 3.05) is 11.2 Å². The van der Waals surface area contributed by atoms with Gasteiger partial charge in [-0.05, 0) is 17.4 Å². The second-order valence-corrected chi connectivity index (χ2v) is 6.41. The van der Waals surface area contributed by atoms with E-state index < -0.39 is 0 Å². The van der Waals surface area contributed by atoms with Gasteiger partial charge in [0, 0.05) is 6.92 Å². The van der Waals surface area contributed by atoms with Gasteiger partial charge in [-0.2, -0.15) is 4.98 Å². The Hall–Kier alpha value is -2.60. The lowest BCUT2D eigenvalue weighted by molar-refractivity contribution is -0.116. The quantitative estimate of drug-likeness (QED) is 0.636. The van der Waals surface area contributed by atoms with Crippen LogP contribution in [0.3, 0.4) is 0 Å². The summed E-state index contributed by atoms with van der Waals surface area (Å²) in [5, 5.41) is 5.37. The first-order chi connectivity index (χ1) is 12.2. The summed E-state index contributed by atoms with van der Waals surface area (Å²) in [5.41, 5.74) is 2.19. The van der Waals surface area contributed by atoms with Crippen LogP contribution in [0.4, 0.5) is 5.95 Å². The number of aromatic nitrogens is 3. The van der Waals surface area contributed by atoms with Crippen LogP contribution in [0.2, 0.25) is 0 Å². The molecule has 128 valence electrons. The minimum absolute atomic E-state index is 0.0756. The molecular formula is C19H20N4OS. The summed E-state index contributed by atoms with van der Waals surface area (Å²) < 4.78 is 1.84. The second-order valence-electron chi connectivity index (χ2n) is 5.63. The largest absolute Gasteiger partial charge is 0.275 e. The van der Waals surface area contributed by atoms with Gasteiger partial charge in [0.1, 0.15) is 0 Å². The highest BCUT2D eigenvalue weighted by Crippen LogP contribution is 2.20. The zero-order valence-corrected chi connectivity index (χ0v) is 15.1. The number of rotatable bonds is 6. The molecule has 6 heteroatoms. The molecule has 2 aromatic carbocycles. The number of hydrogen-bond donors (Lipinski definition) is 0. The van der Waals surface area contributed by atoms with Crippen LogP contribution >= 0.6 is 11.8 Å². The maximum atomic E-state index is 12.1. The summed E-state index contributed by atoms with van der Waals surface area (Å²) in [7, 11) is 0. The van der Waals surface area contributed by atoms with Gasteiger partial charge in [-0.15, -0.1) is 5.10 Å². The van der Waals surface area contributed by atoms with Crippen molar-refractivity contribution in [3.05, 3.63) is 71.8 Å². The summed E-state index contributed by atoms with van der Waals surface area (Å²) in [4.78, 5) is 18.3. The average Bonchev–Trinajstić information content (AvgIpc) is 3.03. The van der Waals surface area contributed by atoms with Gasteiger partial charge in [0.2, 0.25) is 5.91 Å². The molecule has 1 amide bonds. The summed E-state index contributed by atoms with van der Waals surface area (Å²) in [5.74, 6) is 0.366. The van der Waals surface area contributed by atoms with Gasteiger partial charge in [0.15, 0.2) is 5.16 Å². The Morgan fingerprint density at radius 2 is 1.64 bits per heavy atom. The molecule has 3 aromatic rings. The van der Waals surface area contributed by atoms with E-state index >= 15 is 0 Å². The lowest BCUT2D eigenvalue weighted by Gasteiger charge is -2.16. The lowest BCUT2D eigenvalue weighted by Crippen LogP contribution is -2.29. The fraction of sp³-hybridized carbons (Fsp3) is 0.211. The molecule has 0 aliphatic carbocycles. The molecule has 0 fully saturated rings. The first-order valence-corrected chi connectivity index (χ1v) is 9.24. The van der Waals surface area contributed by atoms with Gasteiger partial charge >= 0.3 is 0 Å². The molecule has 0 N–H and O–H groups in total. The molecule has 0 atom stereocenters. The normalized spacial score (nSPS) is 10.6. The topological polar surface area (TPSA) is 51.0 Å². The van der Waals surface area contributed by atoms with Crippen molar-refractivity contribution < 1.29 is 4.79 Å². The van der Waals surface area contributed by atoms with Gasteiger partial charge in [-0.1, -0.05) is 72.4 Å². The van der Waals surface area contributed by atoms with E-state index in [1.807, 2.05) is 59.5 Å². The number of nitrogens with zero attached hydrogens (tertiary/aromatic N) is 4. The second kappa shape index (κ2) is 7.98. The fourth-order valence-corrected chi connectivity index (χ4v) is 3.02. The van der Waals surface area contributed by atoms with Crippen molar-refractivity contribution in [1.29, 1.82) is 0 Å². The highest BCUT2D eigenvalue weighted by Gasteiger charge is 2.19. The molecule has 0 bridgehead atoms. The van der Waals surface area contributed by atoms with E-state index in [1.165, 1.54) is 11.8 Å². The first kappa shape index (κ1) is 17.2. The van der Waals surface area contributed by atoms with E-state index in [-0.39, 0.29) is 5.91 Å². The van der Waals surface area contributed by atoms with E-state index in [0.29, 0.717) is 19.0 Å². The van der Waals surface area contributed by atoms with Crippen LogP contribution in [0.25, 0.3) is 0 Å². The predicted molar refractivity (Wildman–Crippen MR) is 101 cm³/mol. The van der Waals surface area contributed by atoms with Gasteiger partial charge < -0.3 is 0 Å². The third kappa shape index (κ3) is 4.28.